The van der Waals surface area contributed by atoms with Crippen LogP contribution in [-0.4, -0.2) is 36.3 Å². The average Bonchev–Trinajstić information content (AvgIpc) is 2.37. The minimum atomic E-state index is -0.471. The Balaban J connectivity index is 2.59. The second-order valence-electron chi connectivity index (χ2n) is 4.01. The highest BCUT2D eigenvalue weighted by molar-refractivity contribution is 5.92. The number of nitrogens with one attached hydrogen (secondary N) is 1. The molecule has 0 aromatic heterocycles. The van der Waals surface area contributed by atoms with Crippen molar-refractivity contribution in [3.63, 3.8) is 0 Å². The summed E-state index contributed by atoms with van der Waals surface area (Å²) in [6, 6.07) is 8.62. The van der Waals surface area contributed by atoms with Crippen LogP contribution in [0.15, 0.2) is 24.3 Å². The number of rotatable bonds is 6. The molecule has 2 amide bonds. The summed E-state index contributed by atoms with van der Waals surface area (Å²) in [6.07, 6.45) is 0. The summed E-state index contributed by atoms with van der Waals surface area (Å²) in [7, 11) is 0. The van der Waals surface area contributed by atoms with E-state index >= 15 is 0 Å². The number of likely N-dealkylation sites (N-methyl/N-ethyl adjacent to an activating group) is 1. The molecule has 0 atom stereocenters. The molecule has 0 fully saturated rings. The SMILES string of the molecule is CCN(CC(N)=O)CC(=O)Nc1cccc(C#N)c1. The van der Waals surface area contributed by atoms with Crippen molar-refractivity contribution in [1.29, 1.82) is 5.26 Å². The largest absolute Gasteiger partial charge is 0.369 e. The van der Waals surface area contributed by atoms with Crippen LogP contribution in [0.1, 0.15) is 12.5 Å². The lowest BCUT2D eigenvalue weighted by molar-refractivity contribution is -0.121. The number of carbonyl (C=O) groups excluding carboxylic acids is 2. The molecule has 1 aromatic carbocycles. The quantitative estimate of drug-likeness (QED) is 0.768. The van der Waals surface area contributed by atoms with Gasteiger partial charge >= 0.3 is 0 Å². The van der Waals surface area contributed by atoms with Gasteiger partial charge < -0.3 is 11.1 Å². The van der Waals surface area contributed by atoms with Crippen LogP contribution in [0.5, 0.6) is 0 Å². The molecule has 6 heteroatoms. The predicted molar refractivity (Wildman–Crippen MR) is 71.1 cm³/mol. The first-order valence-electron chi connectivity index (χ1n) is 5.85. The van der Waals surface area contributed by atoms with Crippen LogP contribution < -0.4 is 11.1 Å². The van der Waals surface area contributed by atoms with Crippen molar-refractivity contribution in [2.45, 2.75) is 6.92 Å². The first-order valence-corrected chi connectivity index (χ1v) is 5.85. The lowest BCUT2D eigenvalue weighted by Crippen LogP contribution is -2.39. The molecule has 0 saturated heterocycles. The van der Waals surface area contributed by atoms with Gasteiger partial charge in [0.2, 0.25) is 11.8 Å². The van der Waals surface area contributed by atoms with E-state index in [1.165, 1.54) is 0 Å². The molecule has 0 aliphatic carbocycles. The number of nitrogens with two attached hydrogens (primary N) is 1. The number of nitrogens with zero attached hydrogens (tertiary/aromatic N) is 2. The fraction of sp³-hybridized carbons (Fsp3) is 0.308. The second kappa shape index (κ2) is 7.13. The third-order valence-electron chi connectivity index (χ3n) is 2.47. The number of anilines is 1. The number of hydrogen-bond donors (Lipinski definition) is 2. The van der Waals surface area contributed by atoms with E-state index in [9.17, 15) is 9.59 Å². The predicted octanol–water partition coefficient (Wildman–Crippen LogP) is 0.304. The molecule has 0 aliphatic heterocycles. The zero-order chi connectivity index (χ0) is 14.3. The standard InChI is InChI=1S/C13H16N4O2/c1-2-17(8-12(15)18)9-13(19)16-11-5-3-4-10(6-11)7-14/h3-6H,2,8-9H2,1H3,(H2,15,18)(H,16,19). The number of benzene rings is 1. The third-order valence-corrected chi connectivity index (χ3v) is 2.47. The number of amides is 2. The highest BCUT2D eigenvalue weighted by Crippen LogP contribution is 2.09. The Morgan fingerprint density at radius 1 is 1.42 bits per heavy atom. The Kier molecular flexibility index (Phi) is 5.51. The number of nitriles is 1. The topological polar surface area (TPSA) is 99.2 Å². The summed E-state index contributed by atoms with van der Waals surface area (Å²) in [5, 5.41) is 11.4. The molecule has 1 aromatic rings. The van der Waals surface area contributed by atoms with Crippen molar-refractivity contribution < 1.29 is 9.59 Å². The monoisotopic (exact) mass is 260 g/mol. The molecule has 0 heterocycles. The number of carbonyl (C=O) groups is 2. The zero-order valence-corrected chi connectivity index (χ0v) is 10.7. The second-order valence-corrected chi connectivity index (χ2v) is 4.01. The first-order chi connectivity index (χ1) is 9.05. The maximum absolute atomic E-state index is 11.8. The Bertz CT molecular complexity index is 508. The van der Waals surface area contributed by atoms with Gasteiger partial charge in [-0.25, -0.2) is 0 Å². The van der Waals surface area contributed by atoms with Crippen LogP contribution in [0.3, 0.4) is 0 Å². The van der Waals surface area contributed by atoms with Crippen LogP contribution in [0, 0.1) is 11.3 Å². The van der Waals surface area contributed by atoms with Gasteiger partial charge in [-0.05, 0) is 24.7 Å². The Labute approximate surface area is 111 Å². The number of hydrogen-bond acceptors (Lipinski definition) is 4. The summed E-state index contributed by atoms with van der Waals surface area (Å²) < 4.78 is 0. The third kappa shape index (κ3) is 5.19. The maximum atomic E-state index is 11.8. The Morgan fingerprint density at radius 3 is 2.74 bits per heavy atom. The van der Waals surface area contributed by atoms with Crippen molar-refractivity contribution in [3.05, 3.63) is 29.8 Å². The van der Waals surface area contributed by atoms with Crippen LogP contribution in [-0.2, 0) is 9.59 Å². The van der Waals surface area contributed by atoms with Gasteiger partial charge in [-0.2, -0.15) is 5.26 Å². The number of primary amides is 1. The van der Waals surface area contributed by atoms with Gasteiger partial charge in [0.1, 0.15) is 0 Å². The minimum Gasteiger partial charge on any atom is -0.369 e. The van der Waals surface area contributed by atoms with Gasteiger partial charge in [-0.15, -0.1) is 0 Å². The average molecular weight is 260 g/mol. The van der Waals surface area contributed by atoms with Crippen LogP contribution in [0.25, 0.3) is 0 Å². The molecule has 3 N–H and O–H groups in total. The van der Waals surface area contributed by atoms with E-state index in [4.69, 9.17) is 11.0 Å². The molecule has 19 heavy (non-hydrogen) atoms. The lowest BCUT2D eigenvalue weighted by atomic mass is 10.2. The molecule has 0 spiro atoms. The highest BCUT2D eigenvalue weighted by Gasteiger charge is 2.11. The lowest BCUT2D eigenvalue weighted by Gasteiger charge is -2.17. The van der Waals surface area contributed by atoms with Crippen molar-refractivity contribution in [2.24, 2.45) is 5.73 Å². The van der Waals surface area contributed by atoms with Crippen molar-refractivity contribution in [2.75, 3.05) is 25.0 Å². The van der Waals surface area contributed by atoms with E-state index < -0.39 is 5.91 Å². The van der Waals surface area contributed by atoms with Crippen LogP contribution in [0.2, 0.25) is 0 Å². The molecular weight excluding hydrogens is 244 g/mol. The van der Waals surface area contributed by atoms with Crippen LogP contribution >= 0.6 is 0 Å². The highest BCUT2D eigenvalue weighted by atomic mass is 16.2. The maximum Gasteiger partial charge on any atom is 0.238 e. The molecular formula is C13H16N4O2. The minimum absolute atomic E-state index is 0.0438. The molecule has 1 rings (SSSR count). The summed E-state index contributed by atoms with van der Waals surface area (Å²) in [6.45, 7) is 2.51. The normalized spacial score (nSPS) is 9.95. The van der Waals surface area contributed by atoms with Crippen molar-refractivity contribution >= 4 is 17.5 Å². The van der Waals surface area contributed by atoms with E-state index in [0.717, 1.165) is 0 Å². The van der Waals surface area contributed by atoms with E-state index in [1.54, 1.807) is 29.2 Å². The van der Waals surface area contributed by atoms with E-state index in [-0.39, 0.29) is 19.0 Å². The molecule has 0 aliphatic rings. The van der Waals surface area contributed by atoms with Gasteiger partial charge in [0, 0.05) is 5.69 Å². The van der Waals surface area contributed by atoms with Gasteiger partial charge in [-0.3, -0.25) is 14.5 Å². The first kappa shape index (κ1) is 14.7. The molecule has 0 radical (unpaired) electrons. The zero-order valence-electron chi connectivity index (χ0n) is 10.7. The van der Waals surface area contributed by atoms with Gasteiger partial charge in [-0.1, -0.05) is 13.0 Å². The molecule has 100 valence electrons. The van der Waals surface area contributed by atoms with Crippen molar-refractivity contribution in [1.82, 2.24) is 4.90 Å². The summed E-state index contributed by atoms with van der Waals surface area (Å²) in [5.74, 6) is -0.723. The summed E-state index contributed by atoms with van der Waals surface area (Å²) >= 11 is 0. The van der Waals surface area contributed by atoms with Gasteiger partial charge in [0.05, 0.1) is 24.7 Å². The fourth-order valence-corrected chi connectivity index (χ4v) is 1.57. The molecule has 0 saturated carbocycles. The van der Waals surface area contributed by atoms with E-state index in [1.807, 2.05) is 13.0 Å². The van der Waals surface area contributed by atoms with E-state index in [0.29, 0.717) is 17.8 Å². The molecule has 6 nitrogen and oxygen atoms in total. The Morgan fingerprint density at radius 2 is 2.16 bits per heavy atom. The molecule has 0 bridgehead atoms. The van der Waals surface area contributed by atoms with Gasteiger partial charge in [0.25, 0.3) is 0 Å². The summed E-state index contributed by atoms with van der Waals surface area (Å²) in [4.78, 5) is 24.2. The van der Waals surface area contributed by atoms with E-state index in [2.05, 4.69) is 5.32 Å². The smallest absolute Gasteiger partial charge is 0.238 e. The molecule has 0 unspecified atom stereocenters. The fourth-order valence-electron chi connectivity index (χ4n) is 1.57. The Hall–Kier alpha value is -2.39. The van der Waals surface area contributed by atoms with Crippen molar-refractivity contribution in [3.8, 4) is 6.07 Å². The van der Waals surface area contributed by atoms with Crippen LogP contribution in [0.4, 0.5) is 5.69 Å². The summed E-state index contributed by atoms with van der Waals surface area (Å²) in [5.41, 5.74) is 6.12. The van der Waals surface area contributed by atoms with Gasteiger partial charge in [0.15, 0.2) is 0 Å².